The summed E-state index contributed by atoms with van der Waals surface area (Å²) in [6.45, 7) is 4.57. The van der Waals surface area contributed by atoms with E-state index in [0.717, 1.165) is 44.1 Å². The van der Waals surface area contributed by atoms with E-state index >= 15 is 0 Å². The minimum Gasteiger partial charge on any atom is -0.484 e. The van der Waals surface area contributed by atoms with E-state index in [9.17, 15) is 4.39 Å². The zero-order chi connectivity index (χ0) is 19.2. The van der Waals surface area contributed by atoms with Crippen LogP contribution in [0.25, 0.3) is 0 Å². The van der Waals surface area contributed by atoms with E-state index in [4.69, 9.17) is 4.74 Å². The summed E-state index contributed by atoms with van der Waals surface area (Å²) in [6, 6.07) is 22.5. The zero-order valence-electron chi connectivity index (χ0n) is 15.7. The second-order valence-electron chi connectivity index (χ2n) is 6.95. The standard InChI is InChI=1S/C23H24FN3O/c24-20-9-11-21(12-10-20)28-22(19-6-2-1-3-7-19)18-26-14-16-27(17-15-26)23-8-4-5-13-25-23/h1-13,22H,14-18H2. The van der Waals surface area contributed by atoms with Gasteiger partial charge in [-0.25, -0.2) is 9.37 Å². The first-order chi connectivity index (χ1) is 13.8. The summed E-state index contributed by atoms with van der Waals surface area (Å²) in [7, 11) is 0. The predicted molar refractivity (Wildman–Crippen MR) is 109 cm³/mol. The van der Waals surface area contributed by atoms with Crippen LogP contribution in [0.3, 0.4) is 0 Å². The van der Waals surface area contributed by atoms with Crippen LogP contribution in [0.15, 0.2) is 79.0 Å². The highest BCUT2D eigenvalue weighted by molar-refractivity contribution is 5.38. The van der Waals surface area contributed by atoms with Crippen molar-refractivity contribution < 1.29 is 9.13 Å². The van der Waals surface area contributed by atoms with Gasteiger partial charge in [0, 0.05) is 38.9 Å². The minimum absolute atomic E-state index is 0.104. The monoisotopic (exact) mass is 377 g/mol. The molecule has 3 aromatic rings. The van der Waals surface area contributed by atoms with Crippen LogP contribution in [0.2, 0.25) is 0 Å². The van der Waals surface area contributed by atoms with Crippen LogP contribution in [0, 0.1) is 5.82 Å². The highest BCUT2D eigenvalue weighted by Gasteiger charge is 2.23. The molecule has 1 aromatic heterocycles. The normalized spacial score (nSPS) is 16.0. The summed E-state index contributed by atoms with van der Waals surface area (Å²) in [5.74, 6) is 1.46. The second-order valence-corrected chi connectivity index (χ2v) is 6.95. The number of nitrogens with zero attached hydrogens (tertiary/aromatic N) is 3. The number of ether oxygens (including phenoxy) is 1. The number of hydrogen-bond acceptors (Lipinski definition) is 4. The van der Waals surface area contributed by atoms with Gasteiger partial charge >= 0.3 is 0 Å². The fourth-order valence-electron chi connectivity index (χ4n) is 3.49. The van der Waals surface area contributed by atoms with Gasteiger partial charge in [-0.3, -0.25) is 4.90 Å². The maximum absolute atomic E-state index is 13.2. The molecule has 1 fully saturated rings. The second kappa shape index (κ2) is 8.85. The number of benzene rings is 2. The molecule has 2 heterocycles. The van der Waals surface area contributed by atoms with Crippen molar-refractivity contribution in [1.29, 1.82) is 0 Å². The largest absolute Gasteiger partial charge is 0.484 e. The van der Waals surface area contributed by atoms with Crippen molar-refractivity contribution in [2.75, 3.05) is 37.6 Å². The summed E-state index contributed by atoms with van der Waals surface area (Å²) in [5, 5.41) is 0. The molecule has 5 heteroatoms. The van der Waals surface area contributed by atoms with E-state index in [-0.39, 0.29) is 11.9 Å². The fraction of sp³-hybridized carbons (Fsp3) is 0.261. The molecule has 0 bridgehead atoms. The Bertz CT molecular complexity index is 850. The van der Waals surface area contributed by atoms with Crippen LogP contribution >= 0.6 is 0 Å². The first kappa shape index (κ1) is 18.4. The lowest BCUT2D eigenvalue weighted by molar-refractivity contribution is 0.128. The van der Waals surface area contributed by atoms with Crippen LogP contribution in [0.5, 0.6) is 5.75 Å². The highest BCUT2D eigenvalue weighted by Crippen LogP contribution is 2.24. The fourth-order valence-corrected chi connectivity index (χ4v) is 3.49. The average Bonchev–Trinajstić information content (AvgIpc) is 2.76. The van der Waals surface area contributed by atoms with E-state index in [1.54, 1.807) is 12.1 Å². The minimum atomic E-state index is -0.255. The molecule has 1 aliphatic rings. The van der Waals surface area contributed by atoms with Gasteiger partial charge in [0.2, 0.25) is 0 Å². The molecule has 144 valence electrons. The Kier molecular flexibility index (Phi) is 5.83. The number of rotatable bonds is 6. The van der Waals surface area contributed by atoms with E-state index in [1.165, 1.54) is 12.1 Å². The van der Waals surface area contributed by atoms with Gasteiger partial charge < -0.3 is 9.64 Å². The quantitative estimate of drug-likeness (QED) is 0.645. The third kappa shape index (κ3) is 4.67. The Hall–Kier alpha value is -2.92. The number of aromatic nitrogens is 1. The summed E-state index contributed by atoms with van der Waals surface area (Å²) < 4.78 is 19.5. The Morgan fingerprint density at radius 1 is 0.857 bits per heavy atom. The van der Waals surface area contributed by atoms with E-state index in [0.29, 0.717) is 5.75 Å². The Labute approximate surface area is 165 Å². The number of piperazine rings is 1. The first-order valence-corrected chi connectivity index (χ1v) is 9.63. The molecule has 4 nitrogen and oxygen atoms in total. The van der Waals surface area contributed by atoms with E-state index in [2.05, 4.69) is 33.0 Å². The van der Waals surface area contributed by atoms with Crippen molar-refractivity contribution in [3.05, 3.63) is 90.4 Å². The molecule has 2 aromatic carbocycles. The van der Waals surface area contributed by atoms with Gasteiger partial charge in [0.15, 0.2) is 0 Å². The molecule has 4 rings (SSSR count). The molecule has 0 N–H and O–H groups in total. The molecule has 1 atom stereocenters. The molecule has 0 saturated carbocycles. The molecule has 0 radical (unpaired) electrons. The molecule has 28 heavy (non-hydrogen) atoms. The van der Waals surface area contributed by atoms with E-state index < -0.39 is 0 Å². The predicted octanol–water partition coefficient (Wildman–Crippen LogP) is 4.16. The van der Waals surface area contributed by atoms with Crippen LogP contribution in [-0.2, 0) is 0 Å². The number of halogens is 1. The van der Waals surface area contributed by atoms with Crippen LogP contribution in [0.1, 0.15) is 11.7 Å². The average molecular weight is 377 g/mol. The molecule has 0 amide bonds. The molecular weight excluding hydrogens is 353 g/mol. The number of anilines is 1. The van der Waals surface area contributed by atoms with Crippen molar-refractivity contribution in [3.63, 3.8) is 0 Å². The zero-order valence-corrected chi connectivity index (χ0v) is 15.7. The van der Waals surface area contributed by atoms with Gasteiger partial charge in [-0.1, -0.05) is 36.4 Å². The number of hydrogen-bond donors (Lipinski definition) is 0. The van der Waals surface area contributed by atoms with Gasteiger partial charge in [0.25, 0.3) is 0 Å². The lowest BCUT2D eigenvalue weighted by Crippen LogP contribution is -2.48. The van der Waals surface area contributed by atoms with Gasteiger partial charge in [-0.2, -0.15) is 0 Å². The Balaban J connectivity index is 1.42. The SMILES string of the molecule is Fc1ccc(OC(CN2CCN(c3ccccn3)CC2)c2ccccc2)cc1. The van der Waals surface area contributed by atoms with Crippen molar-refractivity contribution >= 4 is 5.82 Å². The summed E-state index contributed by atoms with van der Waals surface area (Å²) >= 11 is 0. The molecule has 1 saturated heterocycles. The molecule has 0 spiro atoms. The molecule has 1 aliphatic heterocycles. The van der Waals surface area contributed by atoms with Gasteiger partial charge in [-0.05, 0) is 42.0 Å². The maximum Gasteiger partial charge on any atom is 0.136 e. The molecule has 0 aliphatic carbocycles. The van der Waals surface area contributed by atoms with Crippen LogP contribution in [-0.4, -0.2) is 42.6 Å². The van der Waals surface area contributed by atoms with Crippen molar-refractivity contribution in [1.82, 2.24) is 9.88 Å². The lowest BCUT2D eigenvalue weighted by Gasteiger charge is -2.37. The summed E-state index contributed by atoms with van der Waals surface area (Å²) in [5.41, 5.74) is 1.12. The highest BCUT2D eigenvalue weighted by atomic mass is 19.1. The maximum atomic E-state index is 13.2. The van der Waals surface area contributed by atoms with Crippen LogP contribution < -0.4 is 9.64 Å². The smallest absolute Gasteiger partial charge is 0.136 e. The van der Waals surface area contributed by atoms with Crippen molar-refractivity contribution in [2.45, 2.75) is 6.10 Å². The Morgan fingerprint density at radius 2 is 1.57 bits per heavy atom. The first-order valence-electron chi connectivity index (χ1n) is 9.63. The van der Waals surface area contributed by atoms with Gasteiger partial charge in [0.05, 0.1) is 0 Å². The van der Waals surface area contributed by atoms with Crippen molar-refractivity contribution in [3.8, 4) is 5.75 Å². The van der Waals surface area contributed by atoms with Crippen LogP contribution in [0.4, 0.5) is 10.2 Å². The van der Waals surface area contributed by atoms with Gasteiger partial charge in [-0.15, -0.1) is 0 Å². The molecule has 1 unspecified atom stereocenters. The summed E-state index contributed by atoms with van der Waals surface area (Å²) in [6.07, 6.45) is 1.73. The topological polar surface area (TPSA) is 28.6 Å². The lowest BCUT2D eigenvalue weighted by atomic mass is 10.1. The van der Waals surface area contributed by atoms with E-state index in [1.807, 2.05) is 36.5 Å². The number of pyridine rings is 1. The summed E-state index contributed by atoms with van der Waals surface area (Å²) in [4.78, 5) is 9.18. The van der Waals surface area contributed by atoms with Crippen molar-refractivity contribution in [2.24, 2.45) is 0 Å². The third-order valence-electron chi connectivity index (χ3n) is 5.03. The molecular formula is C23H24FN3O. The van der Waals surface area contributed by atoms with Gasteiger partial charge in [0.1, 0.15) is 23.5 Å². The Morgan fingerprint density at radius 3 is 2.25 bits per heavy atom. The third-order valence-corrected chi connectivity index (χ3v) is 5.03.